The van der Waals surface area contributed by atoms with Gasteiger partial charge in [0.15, 0.2) is 0 Å². The molecule has 4 nitrogen and oxygen atoms in total. The number of ether oxygens (including phenoxy) is 1. The Labute approximate surface area is 119 Å². The van der Waals surface area contributed by atoms with Crippen molar-refractivity contribution in [3.05, 3.63) is 35.5 Å². The van der Waals surface area contributed by atoms with E-state index in [1.807, 2.05) is 25.1 Å². The Bertz CT molecular complexity index is 623. The molecule has 106 valence electrons. The topological polar surface area (TPSA) is 51.2 Å². The van der Waals surface area contributed by atoms with Gasteiger partial charge >= 0.3 is 5.97 Å². The fourth-order valence-corrected chi connectivity index (χ4v) is 2.11. The van der Waals surface area contributed by atoms with Gasteiger partial charge in [0.05, 0.1) is 17.8 Å². The molecule has 20 heavy (non-hydrogen) atoms. The van der Waals surface area contributed by atoms with Gasteiger partial charge < -0.3 is 10.1 Å². The molecule has 0 aliphatic heterocycles. The molecule has 0 atom stereocenters. The van der Waals surface area contributed by atoms with Crippen LogP contribution < -0.4 is 5.32 Å². The quantitative estimate of drug-likeness (QED) is 0.846. The summed E-state index contributed by atoms with van der Waals surface area (Å²) in [4.78, 5) is 16.4. The first-order chi connectivity index (χ1) is 9.67. The van der Waals surface area contributed by atoms with Crippen LogP contribution in [0.3, 0.4) is 0 Å². The maximum atomic E-state index is 12.1. The van der Waals surface area contributed by atoms with Crippen molar-refractivity contribution in [2.45, 2.75) is 27.2 Å². The zero-order valence-corrected chi connectivity index (χ0v) is 12.2. The minimum absolute atomic E-state index is 0.331. The van der Waals surface area contributed by atoms with Crippen molar-refractivity contribution < 1.29 is 9.53 Å². The lowest BCUT2D eigenvalue weighted by molar-refractivity contribution is 0.0527. The van der Waals surface area contributed by atoms with Crippen LogP contribution in [-0.2, 0) is 4.74 Å². The number of aromatic nitrogens is 1. The fraction of sp³-hybridized carbons (Fsp3) is 0.375. The Morgan fingerprint density at radius 1 is 1.35 bits per heavy atom. The van der Waals surface area contributed by atoms with Crippen LogP contribution >= 0.6 is 0 Å². The van der Waals surface area contributed by atoms with Crippen LogP contribution in [0.1, 0.15) is 36.2 Å². The molecule has 0 bridgehead atoms. The molecule has 0 amide bonds. The second-order valence-corrected chi connectivity index (χ2v) is 4.71. The van der Waals surface area contributed by atoms with Crippen molar-refractivity contribution in [1.82, 2.24) is 4.98 Å². The fourth-order valence-electron chi connectivity index (χ4n) is 2.11. The van der Waals surface area contributed by atoms with E-state index < -0.39 is 0 Å². The lowest BCUT2D eigenvalue weighted by Crippen LogP contribution is -2.11. The van der Waals surface area contributed by atoms with E-state index in [0.717, 1.165) is 35.1 Å². The third kappa shape index (κ3) is 2.90. The van der Waals surface area contributed by atoms with Gasteiger partial charge in [-0.3, -0.25) is 4.98 Å². The Kier molecular flexibility index (Phi) is 4.56. The summed E-state index contributed by atoms with van der Waals surface area (Å²) in [6.45, 7) is 7.08. The standard InChI is InChI=1S/C16H20N2O2/c1-4-8-17-15-12-9-11(3)6-7-14(12)18-10-13(15)16(19)20-5-2/h6-7,9-10H,4-5,8H2,1-3H3,(H,17,18). The second kappa shape index (κ2) is 6.37. The van der Waals surface area contributed by atoms with E-state index in [1.165, 1.54) is 0 Å². The van der Waals surface area contributed by atoms with Gasteiger partial charge in [0.1, 0.15) is 5.56 Å². The SMILES string of the molecule is CCCNc1c(C(=O)OCC)cnc2ccc(C)cc12. The number of esters is 1. The lowest BCUT2D eigenvalue weighted by atomic mass is 10.1. The number of fused-ring (bicyclic) bond motifs is 1. The maximum Gasteiger partial charge on any atom is 0.341 e. The van der Waals surface area contributed by atoms with Crippen molar-refractivity contribution >= 4 is 22.6 Å². The molecule has 1 aromatic heterocycles. The second-order valence-electron chi connectivity index (χ2n) is 4.71. The van der Waals surface area contributed by atoms with Crippen LogP contribution in [0.2, 0.25) is 0 Å². The van der Waals surface area contributed by atoms with E-state index in [1.54, 1.807) is 13.1 Å². The normalized spacial score (nSPS) is 10.6. The average Bonchev–Trinajstić information content (AvgIpc) is 2.44. The monoisotopic (exact) mass is 272 g/mol. The Balaban J connectivity index is 2.58. The highest BCUT2D eigenvalue weighted by atomic mass is 16.5. The third-order valence-electron chi connectivity index (χ3n) is 3.07. The largest absolute Gasteiger partial charge is 0.462 e. The summed E-state index contributed by atoms with van der Waals surface area (Å²) >= 11 is 0. The zero-order chi connectivity index (χ0) is 14.5. The van der Waals surface area contributed by atoms with Crippen LogP contribution in [0.15, 0.2) is 24.4 Å². The minimum atomic E-state index is -0.331. The number of benzene rings is 1. The van der Waals surface area contributed by atoms with Crippen LogP contribution in [0.4, 0.5) is 5.69 Å². The smallest absolute Gasteiger partial charge is 0.341 e. The molecule has 0 saturated heterocycles. The van der Waals surface area contributed by atoms with Crippen molar-refractivity contribution in [1.29, 1.82) is 0 Å². The summed E-state index contributed by atoms with van der Waals surface area (Å²) in [6, 6.07) is 6.03. The highest BCUT2D eigenvalue weighted by molar-refractivity contribution is 6.05. The van der Waals surface area contributed by atoms with E-state index in [4.69, 9.17) is 4.74 Å². The first-order valence-corrected chi connectivity index (χ1v) is 6.97. The van der Waals surface area contributed by atoms with Crippen molar-refractivity contribution in [3.8, 4) is 0 Å². The highest BCUT2D eigenvalue weighted by Crippen LogP contribution is 2.27. The van der Waals surface area contributed by atoms with Gasteiger partial charge in [-0.05, 0) is 32.4 Å². The number of carbonyl (C=O) groups excluding carboxylic acids is 1. The van der Waals surface area contributed by atoms with E-state index in [2.05, 4.69) is 17.2 Å². The number of nitrogens with one attached hydrogen (secondary N) is 1. The molecule has 1 heterocycles. The van der Waals surface area contributed by atoms with Crippen LogP contribution in [0.5, 0.6) is 0 Å². The molecule has 0 unspecified atom stereocenters. The van der Waals surface area contributed by atoms with E-state index in [9.17, 15) is 4.79 Å². The molecule has 0 spiro atoms. The first kappa shape index (κ1) is 14.3. The van der Waals surface area contributed by atoms with E-state index in [-0.39, 0.29) is 5.97 Å². The molecular formula is C16H20N2O2. The molecule has 0 radical (unpaired) electrons. The molecule has 1 aromatic carbocycles. The van der Waals surface area contributed by atoms with E-state index >= 15 is 0 Å². The number of anilines is 1. The summed E-state index contributed by atoms with van der Waals surface area (Å²) < 4.78 is 5.11. The van der Waals surface area contributed by atoms with Gasteiger partial charge in [0, 0.05) is 18.1 Å². The predicted molar refractivity (Wildman–Crippen MR) is 81.2 cm³/mol. The number of pyridine rings is 1. The molecule has 2 aromatic rings. The van der Waals surface area contributed by atoms with Crippen molar-refractivity contribution in [2.24, 2.45) is 0 Å². The predicted octanol–water partition coefficient (Wildman–Crippen LogP) is 3.54. The van der Waals surface area contributed by atoms with Crippen LogP contribution in [0.25, 0.3) is 10.9 Å². The van der Waals surface area contributed by atoms with Gasteiger partial charge in [-0.25, -0.2) is 4.79 Å². The number of rotatable bonds is 5. The third-order valence-corrected chi connectivity index (χ3v) is 3.07. The van der Waals surface area contributed by atoms with Crippen molar-refractivity contribution in [3.63, 3.8) is 0 Å². The zero-order valence-electron chi connectivity index (χ0n) is 12.2. The number of aryl methyl sites for hydroxylation is 1. The molecule has 2 rings (SSSR count). The molecule has 0 aliphatic rings. The van der Waals surface area contributed by atoms with Crippen molar-refractivity contribution in [2.75, 3.05) is 18.5 Å². The molecule has 1 N–H and O–H groups in total. The van der Waals surface area contributed by atoms with Gasteiger partial charge in [-0.1, -0.05) is 18.6 Å². The highest BCUT2D eigenvalue weighted by Gasteiger charge is 2.16. The molecule has 4 heteroatoms. The van der Waals surface area contributed by atoms with Gasteiger partial charge in [-0.15, -0.1) is 0 Å². The Hall–Kier alpha value is -2.10. The van der Waals surface area contributed by atoms with E-state index in [0.29, 0.717) is 12.2 Å². The first-order valence-electron chi connectivity index (χ1n) is 6.97. The number of hydrogen-bond acceptors (Lipinski definition) is 4. The van der Waals surface area contributed by atoms with Gasteiger partial charge in [0.2, 0.25) is 0 Å². The lowest BCUT2D eigenvalue weighted by Gasteiger charge is -2.13. The van der Waals surface area contributed by atoms with Gasteiger partial charge in [-0.2, -0.15) is 0 Å². The average molecular weight is 272 g/mol. The minimum Gasteiger partial charge on any atom is -0.462 e. The van der Waals surface area contributed by atoms with Gasteiger partial charge in [0.25, 0.3) is 0 Å². The molecule has 0 saturated carbocycles. The van der Waals surface area contributed by atoms with Crippen LogP contribution in [-0.4, -0.2) is 24.1 Å². The Morgan fingerprint density at radius 3 is 2.85 bits per heavy atom. The summed E-state index contributed by atoms with van der Waals surface area (Å²) in [5.41, 5.74) is 3.33. The number of carbonyl (C=O) groups is 1. The summed E-state index contributed by atoms with van der Waals surface area (Å²) in [5.74, 6) is -0.331. The molecule has 0 fully saturated rings. The van der Waals surface area contributed by atoms with Crippen LogP contribution in [0, 0.1) is 6.92 Å². The molecule has 0 aliphatic carbocycles. The molecular weight excluding hydrogens is 252 g/mol. The number of hydrogen-bond donors (Lipinski definition) is 1. The summed E-state index contributed by atoms with van der Waals surface area (Å²) in [7, 11) is 0. The Morgan fingerprint density at radius 2 is 2.15 bits per heavy atom. The summed E-state index contributed by atoms with van der Waals surface area (Å²) in [6.07, 6.45) is 2.57. The maximum absolute atomic E-state index is 12.1. The summed E-state index contributed by atoms with van der Waals surface area (Å²) in [5, 5.41) is 4.29. The number of nitrogens with zero attached hydrogens (tertiary/aromatic N) is 1.